The molecule has 2 saturated heterocycles. The number of benzene rings is 1. The summed E-state index contributed by atoms with van der Waals surface area (Å²) in [6, 6.07) is 8.15. The Morgan fingerprint density at radius 1 is 1.07 bits per heavy atom. The number of aryl methyl sites for hydroxylation is 1. The van der Waals surface area contributed by atoms with Crippen molar-refractivity contribution >= 4 is 5.91 Å². The van der Waals surface area contributed by atoms with Gasteiger partial charge in [0.05, 0.1) is 12.0 Å². The minimum absolute atomic E-state index is 0.0682. The topological polar surface area (TPSA) is 36.7 Å². The number of hydrogen-bond acceptors (Lipinski definition) is 3. The molecule has 28 heavy (non-hydrogen) atoms. The maximum absolute atomic E-state index is 14.1. The molecule has 4 nitrogen and oxygen atoms in total. The van der Waals surface area contributed by atoms with Gasteiger partial charge in [0.15, 0.2) is 11.6 Å². The zero-order valence-corrected chi connectivity index (χ0v) is 16.2. The Balaban J connectivity index is 1.44. The number of amides is 1. The predicted molar refractivity (Wildman–Crippen MR) is 101 cm³/mol. The molecule has 0 N–H and O–H groups in total. The van der Waals surface area contributed by atoms with Gasteiger partial charge in [0, 0.05) is 31.6 Å². The highest BCUT2D eigenvalue weighted by Gasteiger charge is 2.48. The molecule has 0 saturated carbocycles. The molecule has 2 fully saturated rings. The van der Waals surface area contributed by atoms with Crippen molar-refractivity contribution in [3.8, 4) is 0 Å². The second-order valence-corrected chi connectivity index (χ2v) is 8.01. The van der Waals surface area contributed by atoms with E-state index in [0.717, 1.165) is 49.8 Å². The van der Waals surface area contributed by atoms with Gasteiger partial charge in [-0.3, -0.25) is 9.69 Å². The number of hydrogen-bond donors (Lipinski definition) is 0. The lowest BCUT2D eigenvalue weighted by molar-refractivity contribution is -0.146. The maximum Gasteiger partial charge on any atom is 0.230 e. The molecule has 1 spiro atoms. The van der Waals surface area contributed by atoms with E-state index in [9.17, 15) is 13.6 Å². The summed E-state index contributed by atoms with van der Waals surface area (Å²) in [6.07, 6.45) is 3.41. The third kappa shape index (κ3) is 3.58. The summed E-state index contributed by atoms with van der Waals surface area (Å²) in [5.41, 5.74) is -0.176. The number of piperidine rings is 1. The van der Waals surface area contributed by atoms with Crippen molar-refractivity contribution in [2.24, 2.45) is 5.41 Å². The van der Waals surface area contributed by atoms with Gasteiger partial charge in [-0.2, -0.15) is 0 Å². The predicted octanol–water partition coefficient (Wildman–Crippen LogP) is 4.13. The van der Waals surface area contributed by atoms with Gasteiger partial charge in [-0.05, 0) is 44.0 Å². The Morgan fingerprint density at radius 3 is 2.68 bits per heavy atom. The first-order valence-electron chi connectivity index (χ1n) is 10.0. The highest BCUT2D eigenvalue weighted by molar-refractivity contribution is 5.84. The second kappa shape index (κ2) is 7.66. The summed E-state index contributed by atoms with van der Waals surface area (Å²) < 4.78 is 33.4. The van der Waals surface area contributed by atoms with Crippen molar-refractivity contribution in [3.05, 3.63) is 59.1 Å². The van der Waals surface area contributed by atoms with E-state index in [4.69, 9.17) is 4.42 Å². The Kier molecular flexibility index (Phi) is 5.23. The number of carbonyl (C=O) groups is 1. The van der Waals surface area contributed by atoms with Crippen molar-refractivity contribution < 1.29 is 18.0 Å². The molecule has 2 aliphatic heterocycles. The molecule has 6 heteroatoms. The lowest BCUT2D eigenvalue weighted by Crippen LogP contribution is -2.49. The first-order valence-corrected chi connectivity index (χ1v) is 10.0. The monoisotopic (exact) mass is 388 g/mol. The normalized spacial score (nSPS) is 23.1. The van der Waals surface area contributed by atoms with Gasteiger partial charge in [-0.1, -0.05) is 19.1 Å². The first-order chi connectivity index (χ1) is 13.5. The third-order valence-corrected chi connectivity index (χ3v) is 6.10. The summed E-state index contributed by atoms with van der Waals surface area (Å²) in [7, 11) is 0. The Bertz CT molecular complexity index is 866. The molecule has 0 bridgehead atoms. The van der Waals surface area contributed by atoms with Gasteiger partial charge in [0.1, 0.15) is 11.5 Å². The van der Waals surface area contributed by atoms with Crippen LogP contribution < -0.4 is 0 Å². The van der Waals surface area contributed by atoms with Crippen molar-refractivity contribution in [2.75, 3.05) is 19.6 Å². The summed E-state index contributed by atoms with van der Waals surface area (Å²) in [4.78, 5) is 17.2. The second-order valence-electron chi connectivity index (χ2n) is 8.01. The Hall–Kier alpha value is -2.21. The fourth-order valence-corrected chi connectivity index (χ4v) is 4.57. The average molecular weight is 388 g/mol. The number of rotatable bonds is 5. The first kappa shape index (κ1) is 19.1. The molecule has 2 aromatic rings. The Morgan fingerprint density at radius 2 is 1.89 bits per heavy atom. The highest BCUT2D eigenvalue weighted by Crippen LogP contribution is 2.41. The van der Waals surface area contributed by atoms with Gasteiger partial charge in [0.2, 0.25) is 5.91 Å². The van der Waals surface area contributed by atoms with Crippen molar-refractivity contribution in [1.82, 2.24) is 9.80 Å². The molecular weight excluding hydrogens is 362 g/mol. The van der Waals surface area contributed by atoms with Crippen LogP contribution in [-0.4, -0.2) is 35.3 Å². The van der Waals surface area contributed by atoms with Crippen LogP contribution in [0.5, 0.6) is 0 Å². The molecule has 0 aliphatic carbocycles. The van der Waals surface area contributed by atoms with Gasteiger partial charge >= 0.3 is 0 Å². The summed E-state index contributed by atoms with van der Waals surface area (Å²) in [5, 5.41) is 0. The third-order valence-electron chi connectivity index (χ3n) is 6.10. The van der Waals surface area contributed by atoms with Crippen LogP contribution in [0.1, 0.15) is 43.3 Å². The van der Waals surface area contributed by atoms with Crippen LogP contribution >= 0.6 is 0 Å². The Labute approximate surface area is 164 Å². The smallest absolute Gasteiger partial charge is 0.230 e. The number of likely N-dealkylation sites (tertiary alicyclic amines) is 2. The molecule has 4 rings (SSSR count). The van der Waals surface area contributed by atoms with Crippen molar-refractivity contribution in [1.29, 1.82) is 0 Å². The molecule has 2 aliphatic rings. The van der Waals surface area contributed by atoms with E-state index in [2.05, 4.69) is 11.8 Å². The van der Waals surface area contributed by atoms with Crippen LogP contribution in [0.2, 0.25) is 0 Å². The van der Waals surface area contributed by atoms with Crippen LogP contribution in [0.3, 0.4) is 0 Å². The fraction of sp³-hybridized carbons (Fsp3) is 0.500. The molecular formula is C22H26F2N2O2. The zero-order valence-electron chi connectivity index (χ0n) is 16.2. The van der Waals surface area contributed by atoms with E-state index in [-0.39, 0.29) is 18.0 Å². The quantitative estimate of drug-likeness (QED) is 0.773. The van der Waals surface area contributed by atoms with E-state index in [1.54, 1.807) is 11.0 Å². The van der Waals surface area contributed by atoms with E-state index >= 15 is 0 Å². The van der Waals surface area contributed by atoms with Gasteiger partial charge < -0.3 is 9.32 Å². The van der Waals surface area contributed by atoms with Crippen LogP contribution in [0, 0.1) is 17.0 Å². The SMILES string of the molecule is CCc1ccc(CN2CC[C@@]3(CCCN(Cc4cccc(F)c4F)C3=O)C2)o1. The lowest BCUT2D eigenvalue weighted by Gasteiger charge is -2.39. The van der Waals surface area contributed by atoms with Crippen LogP contribution in [0.25, 0.3) is 0 Å². The van der Waals surface area contributed by atoms with E-state index in [1.807, 2.05) is 12.1 Å². The molecule has 0 radical (unpaired) electrons. The fourth-order valence-electron chi connectivity index (χ4n) is 4.57. The number of furan rings is 1. The van der Waals surface area contributed by atoms with Crippen LogP contribution in [0.15, 0.2) is 34.7 Å². The van der Waals surface area contributed by atoms with Crippen LogP contribution in [0.4, 0.5) is 8.78 Å². The van der Waals surface area contributed by atoms with Crippen LogP contribution in [-0.2, 0) is 24.3 Å². The maximum atomic E-state index is 14.1. The molecule has 1 aromatic heterocycles. The van der Waals surface area contributed by atoms with Crippen molar-refractivity contribution in [2.45, 2.75) is 45.7 Å². The lowest BCUT2D eigenvalue weighted by atomic mass is 9.78. The standard InChI is InChI=1S/C22H26F2N2O2/c1-2-17-7-8-18(28-17)14-25-12-10-22(15-25)9-4-11-26(21(22)27)13-16-5-3-6-19(23)20(16)24/h3,5-8H,2,4,9-15H2,1H3/t22-/m0/s1. The number of halogens is 2. The molecule has 3 heterocycles. The van der Waals surface area contributed by atoms with Gasteiger partial charge in [0.25, 0.3) is 0 Å². The number of nitrogens with zero attached hydrogens (tertiary/aromatic N) is 2. The molecule has 1 aromatic carbocycles. The summed E-state index contributed by atoms with van der Waals surface area (Å²) in [5.74, 6) is 0.247. The molecule has 1 atom stereocenters. The highest BCUT2D eigenvalue weighted by atomic mass is 19.2. The summed E-state index contributed by atoms with van der Waals surface area (Å²) >= 11 is 0. The van der Waals surface area contributed by atoms with Gasteiger partial charge in [-0.25, -0.2) is 8.78 Å². The minimum Gasteiger partial charge on any atom is -0.465 e. The number of carbonyl (C=O) groups excluding carboxylic acids is 1. The largest absolute Gasteiger partial charge is 0.465 e. The zero-order chi connectivity index (χ0) is 19.7. The van der Waals surface area contributed by atoms with Gasteiger partial charge in [-0.15, -0.1) is 0 Å². The molecule has 1 amide bonds. The molecule has 150 valence electrons. The van der Waals surface area contributed by atoms with E-state index in [1.165, 1.54) is 6.07 Å². The minimum atomic E-state index is -0.867. The van der Waals surface area contributed by atoms with Crippen molar-refractivity contribution in [3.63, 3.8) is 0 Å². The van der Waals surface area contributed by atoms with E-state index < -0.39 is 17.0 Å². The molecule has 0 unspecified atom stereocenters. The van der Waals surface area contributed by atoms with E-state index in [0.29, 0.717) is 19.6 Å². The summed E-state index contributed by atoms with van der Waals surface area (Å²) in [6.45, 7) is 5.01. The average Bonchev–Trinajstić information content (AvgIpc) is 3.31.